The molecule has 1 N–H and O–H groups in total. The van der Waals surface area contributed by atoms with Gasteiger partial charge in [-0.1, -0.05) is 12.1 Å². The highest BCUT2D eigenvalue weighted by Gasteiger charge is 2.33. The van der Waals surface area contributed by atoms with E-state index in [0.717, 1.165) is 10.4 Å². The van der Waals surface area contributed by atoms with Crippen molar-refractivity contribution in [3.8, 4) is 16.3 Å². The molecule has 2 aromatic heterocycles. The molecule has 1 aromatic carbocycles. The molecule has 3 aromatic rings. The number of hydrogen-bond donors (Lipinski definition) is 1. The van der Waals surface area contributed by atoms with E-state index in [9.17, 15) is 19.1 Å². The SMILES string of the molecule is CCN1C(=O)c2c(O)c(=O)c(-c3ncc(Cc4ccc(F)cc4)s3)cn2CC1C. The molecule has 0 bridgehead atoms. The second-order valence-corrected chi connectivity index (χ2v) is 8.21. The van der Waals surface area contributed by atoms with Crippen LogP contribution in [-0.2, 0) is 13.0 Å². The predicted octanol–water partition coefficient (Wildman–Crippen LogP) is 3.27. The highest BCUT2D eigenvalue weighted by Crippen LogP contribution is 2.29. The van der Waals surface area contributed by atoms with Crippen molar-refractivity contribution in [2.24, 2.45) is 0 Å². The van der Waals surface area contributed by atoms with Gasteiger partial charge in [0.05, 0.1) is 5.56 Å². The summed E-state index contributed by atoms with van der Waals surface area (Å²) in [5.41, 5.74) is 0.636. The number of halogens is 1. The van der Waals surface area contributed by atoms with E-state index in [1.54, 1.807) is 34.0 Å². The fourth-order valence-corrected chi connectivity index (χ4v) is 4.62. The van der Waals surface area contributed by atoms with Gasteiger partial charge in [-0.05, 0) is 31.5 Å². The van der Waals surface area contributed by atoms with Crippen molar-refractivity contribution in [2.45, 2.75) is 32.9 Å². The molecule has 3 heterocycles. The number of thiazole rings is 1. The molecule has 150 valence electrons. The zero-order valence-electron chi connectivity index (χ0n) is 16.1. The van der Waals surface area contributed by atoms with Crippen LogP contribution in [0.15, 0.2) is 41.5 Å². The van der Waals surface area contributed by atoms with Gasteiger partial charge in [-0.2, -0.15) is 0 Å². The molecule has 1 unspecified atom stereocenters. The van der Waals surface area contributed by atoms with Gasteiger partial charge in [0.25, 0.3) is 5.91 Å². The minimum Gasteiger partial charge on any atom is -0.503 e. The summed E-state index contributed by atoms with van der Waals surface area (Å²) < 4.78 is 14.7. The standard InChI is InChI=1S/C21H20FN3O3S/c1-3-25-12(2)10-24-11-16(18(26)19(27)17(24)21(25)28)20-23-9-15(29-20)8-13-4-6-14(22)7-5-13/h4-7,9,11-12,27H,3,8,10H2,1-2H3. The Morgan fingerprint density at radius 2 is 2.00 bits per heavy atom. The third-order valence-electron chi connectivity index (χ3n) is 5.13. The van der Waals surface area contributed by atoms with Gasteiger partial charge in [-0.25, -0.2) is 9.37 Å². The van der Waals surface area contributed by atoms with Gasteiger partial charge in [0.2, 0.25) is 5.43 Å². The first-order valence-electron chi connectivity index (χ1n) is 9.36. The second-order valence-electron chi connectivity index (χ2n) is 7.10. The van der Waals surface area contributed by atoms with Gasteiger partial charge in [-0.15, -0.1) is 11.3 Å². The third kappa shape index (κ3) is 3.44. The number of carbonyl (C=O) groups is 1. The van der Waals surface area contributed by atoms with Crippen LogP contribution in [0, 0.1) is 5.82 Å². The summed E-state index contributed by atoms with van der Waals surface area (Å²) in [6, 6.07) is 6.19. The molecular weight excluding hydrogens is 393 g/mol. The van der Waals surface area contributed by atoms with Gasteiger partial charge in [0.1, 0.15) is 10.8 Å². The Morgan fingerprint density at radius 1 is 1.28 bits per heavy atom. The number of pyridine rings is 1. The van der Waals surface area contributed by atoms with Crippen LogP contribution in [0.2, 0.25) is 0 Å². The summed E-state index contributed by atoms with van der Waals surface area (Å²) in [4.78, 5) is 32.3. The fraction of sp³-hybridized carbons (Fsp3) is 0.286. The van der Waals surface area contributed by atoms with Crippen LogP contribution < -0.4 is 5.43 Å². The van der Waals surface area contributed by atoms with Crippen LogP contribution in [0.25, 0.3) is 10.6 Å². The summed E-state index contributed by atoms with van der Waals surface area (Å²) in [7, 11) is 0. The van der Waals surface area contributed by atoms with E-state index in [2.05, 4.69) is 4.98 Å². The number of benzene rings is 1. The summed E-state index contributed by atoms with van der Waals surface area (Å²) in [6.45, 7) is 4.80. The van der Waals surface area contributed by atoms with Crippen molar-refractivity contribution in [3.63, 3.8) is 0 Å². The first-order chi connectivity index (χ1) is 13.9. The lowest BCUT2D eigenvalue weighted by molar-refractivity contribution is 0.0619. The Bertz CT molecular complexity index is 1140. The molecule has 0 saturated carbocycles. The number of hydrogen-bond acceptors (Lipinski definition) is 5. The third-order valence-corrected chi connectivity index (χ3v) is 6.16. The van der Waals surface area contributed by atoms with Crippen molar-refractivity contribution in [1.82, 2.24) is 14.5 Å². The molecule has 6 nitrogen and oxygen atoms in total. The van der Waals surface area contributed by atoms with Crippen molar-refractivity contribution >= 4 is 17.2 Å². The highest BCUT2D eigenvalue weighted by atomic mass is 32.1. The van der Waals surface area contributed by atoms with E-state index >= 15 is 0 Å². The number of fused-ring (bicyclic) bond motifs is 1. The first kappa shape index (κ1) is 19.3. The number of likely N-dealkylation sites (N-methyl/N-ethyl adjacent to an activating group) is 1. The monoisotopic (exact) mass is 413 g/mol. The molecule has 0 fully saturated rings. The lowest BCUT2D eigenvalue weighted by Gasteiger charge is -2.35. The number of nitrogens with zero attached hydrogens (tertiary/aromatic N) is 3. The van der Waals surface area contributed by atoms with Crippen LogP contribution in [0.3, 0.4) is 0 Å². The van der Waals surface area contributed by atoms with E-state index in [-0.39, 0.29) is 29.0 Å². The maximum absolute atomic E-state index is 13.1. The van der Waals surface area contributed by atoms with Gasteiger partial charge in [-0.3, -0.25) is 9.59 Å². The van der Waals surface area contributed by atoms with Crippen LogP contribution in [0.1, 0.15) is 34.8 Å². The average Bonchev–Trinajstić information content (AvgIpc) is 3.14. The normalized spacial score (nSPS) is 16.2. The van der Waals surface area contributed by atoms with Crippen molar-refractivity contribution in [1.29, 1.82) is 0 Å². The maximum Gasteiger partial charge on any atom is 0.274 e. The number of carbonyl (C=O) groups excluding carboxylic acids is 1. The van der Waals surface area contributed by atoms with Crippen LogP contribution in [0.5, 0.6) is 5.75 Å². The Hall–Kier alpha value is -3.00. The van der Waals surface area contributed by atoms with Gasteiger partial charge in [0.15, 0.2) is 11.4 Å². The summed E-state index contributed by atoms with van der Waals surface area (Å²) in [5.74, 6) is -1.17. The van der Waals surface area contributed by atoms with Crippen molar-refractivity contribution < 1.29 is 14.3 Å². The average molecular weight is 413 g/mol. The highest BCUT2D eigenvalue weighted by molar-refractivity contribution is 7.15. The van der Waals surface area contributed by atoms with Gasteiger partial charge in [0, 0.05) is 42.8 Å². The molecule has 4 rings (SSSR count). The quantitative estimate of drug-likeness (QED) is 0.712. The molecule has 8 heteroatoms. The minimum absolute atomic E-state index is 0.0294. The predicted molar refractivity (Wildman–Crippen MR) is 109 cm³/mol. The number of rotatable bonds is 4. The van der Waals surface area contributed by atoms with Crippen molar-refractivity contribution in [3.05, 3.63) is 68.8 Å². The number of amides is 1. The van der Waals surface area contributed by atoms with Crippen LogP contribution in [0.4, 0.5) is 4.39 Å². The molecule has 1 atom stereocenters. The summed E-state index contributed by atoms with van der Waals surface area (Å²) in [6.07, 6.45) is 3.85. The maximum atomic E-state index is 13.1. The van der Waals surface area contributed by atoms with Crippen LogP contribution in [-0.4, -0.2) is 38.1 Å². The minimum atomic E-state index is -0.599. The van der Waals surface area contributed by atoms with Crippen molar-refractivity contribution in [2.75, 3.05) is 6.54 Å². The molecule has 1 aliphatic rings. The Morgan fingerprint density at radius 3 is 2.69 bits per heavy atom. The Kier molecular flexibility index (Phi) is 4.96. The van der Waals surface area contributed by atoms with Crippen LogP contribution >= 0.6 is 11.3 Å². The summed E-state index contributed by atoms with van der Waals surface area (Å²) >= 11 is 1.34. The first-order valence-corrected chi connectivity index (χ1v) is 10.2. The number of aromatic hydroxyl groups is 1. The zero-order chi connectivity index (χ0) is 20.7. The largest absolute Gasteiger partial charge is 0.503 e. The zero-order valence-corrected chi connectivity index (χ0v) is 16.9. The fourth-order valence-electron chi connectivity index (χ4n) is 3.66. The summed E-state index contributed by atoms with van der Waals surface area (Å²) in [5, 5.41) is 11.0. The Balaban J connectivity index is 1.70. The molecular formula is C21H20FN3O3S. The molecule has 0 saturated heterocycles. The number of aromatic nitrogens is 2. The smallest absolute Gasteiger partial charge is 0.274 e. The molecule has 0 radical (unpaired) electrons. The van der Waals surface area contributed by atoms with E-state index in [1.807, 2.05) is 13.8 Å². The molecule has 29 heavy (non-hydrogen) atoms. The molecule has 0 spiro atoms. The van der Waals surface area contributed by atoms with E-state index in [1.165, 1.54) is 23.5 Å². The van der Waals surface area contributed by atoms with E-state index in [0.29, 0.717) is 24.5 Å². The Labute approximate surface area is 170 Å². The van der Waals surface area contributed by atoms with E-state index < -0.39 is 11.2 Å². The molecule has 1 aliphatic heterocycles. The van der Waals surface area contributed by atoms with Gasteiger partial charge >= 0.3 is 0 Å². The second kappa shape index (κ2) is 7.44. The lowest BCUT2D eigenvalue weighted by Crippen LogP contribution is -2.47. The lowest BCUT2D eigenvalue weighted by atomic mass is 10.1. The topological polar surface area (TPSA) is 75.4 Å². The molecule has 1 amide bonds. The van der Waals surface area contributed by atoms with Gasteiger partial charge < -0.3 is 14.6 Å². The van der Waals surface area contributed by atoms with E-state index in [4.69, 9.17) is 0 Å². The molecule has 0 aliphatic carbocycles.